The number of aromatic nitrogens is 6. The quantitative estimate of drug-likeness (QED) is 0.290. The van der Waals surface area contributed by atoms with Gasteiger partial charge in [-0.2, -0.15) is 4.98 Å². The number of methoxy groups -OCH3 is 1. The number of rotatable bonds is 8. The Morgan fingerprint density at radius 3 is 2.73 bits per heavy atom. The van der Waals surface area contributed by atoms with Crippen LogP contribution in [-0.4, -0.2) is 54.9 Å². The van der Waals surface area contributed by atoms with E-state index in [1.165, 1.54) is 13.4 Å². The highest BCUT2D eigenvalue weighted by molar-refractivity contribution is 6.13. The van der Waals surface area contributed by atoms with Gasteiger partial charge in [0.2, 0.25) is 0 Å². The number of imidazole rings is 1. The number of carbonyl (C=O) groups excluding carboxylic acids is 1. The van der Waals surface area contributed by atoms with E-state index in [1.807, 2.05) is 26.1 Å². The van der Waals surface area contributed by atoms with Gasteiger partial charge in [-0.15, -0.1) is 0 Å². The molecular formula is C25H25N9O3. The summed E-state index contributed by atoms with van der Waals surface area (Å²) in [4.78, 5) is 34.6. The first-order chi connectivity index (χ1) is 17.9. The molecule has 0 saturated carbocycles. The molecule has 1 aromatic carbocycles. The maximum atomic E-state index is 13.5. The smallest absolute Gasteiger partial charge is 0.316 e. The molecule has 0 spiro atoms. The average Bonchev–Trinajstić information content (AvgIpc) is 3.27. The number of hydrogen-bond acceptors (Lipinski definition) is 10. The Bertz CT molecular complexity index is 1590. The summed E-state index contributed by atoms with van der Waals surface area (Å²) >= 11 is 0. The number of pyridine rings is 1. The number of nitrogens with one attached hydrogen (secondary N) is 2. The Morgan fingerprint density at radius 2 is 1.97 bits per heavy atom. The van der Waals surface area contributed by atoms with E-state index in [0.717, 1.165) is 11.4 Å². The summed E-state index contributed by atoms with van der Waals surface area (Å²) in [6.45, 7) is 4.32. The standard InChI is InChI=1S/C25H25N9O3/c1-14(26)7-29-20-5-4-18(22-19(20)10-30-25(33-22)36-3)24(35)32-16-6-21(37-17-8-27-13-28-9-17)23-31-15(2)11-34(23)12-16/h4-6,8-14,29H,7,26H2,1-3H3,(H,32,35)/t14-/m1/s1. The van der Waals surface area contributed by atoms with Crippen molar-refractivity contribution in [2.45, 2.75) is 19.9 Å². The summed E-state index contributed by atoms with van der Waals surface area (Å²) in [6, 6.07) is 5.30. The predicted octanol–water partition coefficient (Wildman–Crippen LogP) is 3.19. The van der Waals surface area contributed by atoms with E-state index in [2.05, 4.69) is 35.6 Å². The molecule has 0 saturated heterocycles. The largest absolute Gasteiger partial charge is 0.467 e. The number of nitrogens with zero attached hydrogens (tertiary/aromatic N) is 6. The zero-order chi connectivity index (χ0) is 25.9. The van der Waals surface area contributed by atoms with E-state index >= 15 is 0 Å². The molecule has 188 valence electrons. The van der Waals surface area contributed by atoms with Crippen LogP contribution >= 0.6 is 0 Å². The second kappa shape index (κ2) is 10.0. The van der Waals surface area contributed by atoms with E-state index < -0.39 is 0 Å². The maximum absolute atomic E-state index is 13.5. The van der Waals surface area contributed by atoms with Crippen molar-refractivity contribution in [2.24, 2.45) is 5.73 Å². The van der Waals surface area contributed by atoms with Crippen molar-refractivity contribution in [2.75, 3.05) is 24.3 Å². The third-order valence-corrected chi connectivity index (χ3v) is 5.43. The van der Waals surface area contributed by atoms with Gasteiger partial charge in [-0.3, -0.25) is 4.79 Å². The maximum Gasteiger partial charge on any atom is 0.316 e. The third-order valence-electron chi connectivity index (χ3n) is 5.43. The highest BCUT2D eigenvalue weighted by atomic mass is 16.5. The van der Waals surface area contributed by atoms with Crippen molar-refractivity contribution in [3.8, 4) is 17.5 Å². The second-order valence-corrected chi connectivity index (χ2v) is 8.47. The van der Waals surface area contributed by atoms with Crippen LogP contribution in [0.15, 0.2) is 55.5 Å². The number of ether oxygens (including phenoxy) is 2. The van der Waals surface area contributed by atoms with Crippen LogP contribution < -0.4 is 25.8 Å². The molecule has 4 aromatic heterocycles. The Morgan fingerprint density at radius 1 is 1.16 bits per heavy atom. The number of benzene rings is 1. The van der Waals surface area contributed by atoms with Crippen molar-refractivity contribution < 1.29 is 14.3 Å². The van der Waals surface area contributed by atoms with Gasteiger partial charge in [0.15, 0.2) is 17.1 Å². The van der Waals surface area contributed by atoms with Gasteiger partial charge in [0.25, 0.3) is 5.91 Å². The molecule has 0 aliphatic carbocycles. The number of nitrogens with two attached hydrogens (primary N) is 1. The van der Waals surface area contributed by atoms with Crippen LogP contribution in [0.5, 0.6) is 17.5 Å². The zero-order valence-corrected chi connectivity index (χ0v) is 20.5. The van der Waals surface area contributed by atoms with Crippen molar-refractivity contribution in [3.63, 3.8) is 0 Å². The molecule has 12 heteroatoms. The van der Waals surface area contributed by atoms with Crippen LogP contribution in [0.2, 0.25) is 0 Å². The monoisotopic (exact) mass is 499 g/mol. The van der Waals surface area contributed by atoms with E-state index in [1.54, 1.807) is 41.3 Å². The first-order valence-electron chi connectivity index (χ1n) is 11.5. The second-order valence-electron chi connectivity index (χ2n) is 8.47. The fourth-order valence-corrected chi connectivity index (χ4v) is 3.81. The topological polar surface area (TPSA) is 154 Å². The van der Waals surface area contributed by atoms with Gasteiger partial charge in [0.1, 0.15) is 6.33 Å². The fraction of sp³-hybridized carbons (Fsp3) is 0.200. The summed E-state index contributed by atoms with van der Waals surface area (Å²) in [7, 11) is 1.47. The normalized spacial score (nSPS) is 11.9. The lowest BCUT2D eigenvalue weighted by Crippen LogP contribution is -2.25. The molecular weight excluding hydrogens is 474 g/mol. The molecule has 0 radical (unpaired) electrons. The Balaban J connectivity index is 1.52. The SMILES string of the molecule is COc1ncc2c(NC[C@@H](C)N)ccc(C(=O)Nc3cc(Oc4cncnc4)c4nc(C)cn4c3)c2n1. The molecule has 12 nitrogen and oxygen atoms in total. The van der Waals surface area contributed by atoms with Crippen LogP contribution in [0.3, 0.4) is 0 Å². The average molecular weight is 500 g/mol. The fourth-order valence-electron chi connectivity index (χ4n) is 3.81. The van der Waals surface area contributed by atoms with E-state index in [4.69, 9.17) is 15.2 Å². The van der Waals surface area contributed by atoms with Crippen LogP contribution in [0.4, 0.5) is 11.4 Å². The molecule has 0 aliphatic heterocycles. The summed E-state index contributed by atoms with van der Waals surface area (Å²) in [6.07, 6.45) is 9.73. The van der Waals surface area contributed by atoms with Crippen molar-refractivity contribution in [1.29, 1.82) is 0 Å². The minimum absolute atomic E-state index is 0.0576. The van der Waals surface area contributed by atoms with Gasteiger partial charge in [-0.1, -0.05) is 0 Å². The lowest BCUT2D eigenvalue weighted by molar-refractivity contribution is 0.102. The van der Waals surface area contributed by atoms with Crippen LogP contribution in [-0.2, 0) is 0 Å². The van der Waals surface area contributed by atoms with Crippen LogP contribution in [0.25, 0.3) is 16.6 Å². The summed E-state index contributed by atoms with van der Waals surface area (Å²) in [5.41, 5.74) is 9.33. The highest BCUT2D eigenvalue weighted by Gasteiger charge is 2.18. The van der Waals surface area contributed by atoms with Gasteiger partial charge in [-0.25, -0.2) is 19.9 Å². The minimum atomic E-state index is -0.366. The van der Waals surface area contributed by atoms with Gasteiger partial charge in [0.05, 0.1) is 42.0 Å². The summed E-state index contributed by atoms with van der Waals surface area (Å²) < 4.78 is 13.0. The number of hydrogen-bond donors (Lipinski definition) is 3. The van der Waals surface area contributed by atoms with Gasteiger partial charge < -0.3 is 30.2 Å². The number of fused-ring (bicyclic) bond motifs is 2. The molecule has 37 heavy (non-hydrogen) atoms. The van der Waals surface area contributed by atoms with Crippen molar-refractivity contribution in [1.82, 2.24) is 29.3 Å². The number of anilines is 2. The Kier molecular flexibility index (Phi) is 6.47. The number of amides is 1. The first-order valence-corrected chi connectivity index (χ1v) is 11.5. The summed E-state index contributed by atoms with van der Waals surface area (Å²) in [5.74, 6) is 0.512. The molecule has 0 unspecified atom stereocenters. The van der Waals surface area contributed by atoms with Gasteiger partial charge in [0, 0.05) is 48.3 Å². The lowest BCUT2D eigenvalue weighted by atomic mass is 10.1. The van der Waals surface area contributed by atoms with Crippen molar-refractivity contribution in [3.05, 3.63) is 66.8 Å². The van der Waals surface area contributed by atoms with Crippen LogP contribution in [0.1, 0.15) is 23.0 Å². The van der Waals surface area contributed by atoms with E-state index in [9.17, 15) is 4.79 Å². The molecule has 5 aromatic rings. The molecule has 5 rings (SSSR count). The van der Waals surface area contributed by atoms with Gasteiger partial charge in [-0.05, 0) is 26.0 Å². The molecule has 4 N–H and O–H groups in total. The van der Waals surface area contributed by atoms with Gasteiger partial charge >= 0.3 is 6.01 Å². The van der Waals surface area contributed by atoms with E-state index in [-0.39, 0.29) is 18.0 Å². The number of carbonyl (C=O) groups is 1. The predicted molar refractivity (Wildman–Crippen MR) is 138 cm³/mol. The van der Waals surface area contributed by atoms with Crippen molar-refractivity contribution >= 4 is 33.8 Å². The highest BCUT2D eigenvalue weighted by Crippen LogP contribution is 2.30. The molecule has 0 bridgehead atoms. The molecule has 0 fully saturated rings. The Hall–Kier alpha value is -4.84. The van der Waals surface area contributed by atoms with E-state index in [0.29, 0.717) is 45.8 Å². The molecule has 4 heterocycles. The Labute approximate surface area is 211 Å². The number of aryl methyl sites for hydroxylation is 1. The third kappa shape index (κ3) is 5.09. The van der Waals surface area contributed by atoms with Crippen LogP contribution in [0, 0.1) is 6.92 Å². The lowest BCUT2D eigenvalue weighted by Gasteiger charge is -2.15. The zero-order valence-electron chi connectivity index (χ0n) is 20.5. The molecule has 1 atom stereocenters. The summed E-state index contributed by atoms with van der Waals surface area (Å²) in [5, 5.41) is 6.89. The molecule has 1 amide bonds. The minimum Gasteiger partial charge on any atom is -0.467 e. The first kappa shape index (κ1) is 23.9. The molecule has 0 aliphatic rings.